The van der Waals surface area contributed by atoms with Crippen molar-refractivity contribution in [1.29, 1.82) is 0 Å². The van der Waals surface area contributed by atoms with Gasteiger partial charge in [0, 0.05) is 32.4 Å². The molecule has 8 nitrogen and oxygen atoms in total. The molecule has 0 saturated carbocycles. The van der Waals surface area contributed by atoms with E-state index in [1.165, 1.54) is 14.7 Å². The zero-order valence-electron chi connectivity index (χ0n) is 18.1. The second-order valence-electron chi connectivity index (χ2n) is 7.93. The van der Waals surface area contributed by atoms with Gasteiger partial charge in [0.25, 0.3) is 5.56 Å². The molecule has 1 aliphatic rings. The first-order valence-electron chi connectivity index (χ1n) is 10.6. The molecule has 0 radical (unpaired) electrons. The van der Waals surface area contributed by atoms with Crippen molar-refractivity contribution in [2.24, 2.45) is 13.0 Å². The van der Waals surface area contributed by atoms with E-state index in [1.54, 1.807) is 7.05 Å². The number of benzene rings is 1. The fourth-order valence-corrected chi connectivity index (χ4v) is 4.13. The second kappa shape index (κ2) is 8.10. The predicted molar refractivity (Wildman–Crippen MR) is 118 cm³/mol. The number of anilines is 2. The number of aromatic nitrogens is 4. The fourth-order valence-electron chi connectivity index (χ4n) is 4.13. The molecule has 0 aliphatic carbocycles. The van der Waals surface area contributed by atoms with E-state index >= 15 is 0 Å². The maximum atomic E-state index is 13.3. The van der Waals surface area contributed by atoms with Crippen molar-refractivity contribution in [3.63, 3.8) is 0 Å². The van der Waals surface area contributed by atoms with Gasteiger partial charge in [-0.05, 0) is 37.0 Å². The lowest BCUT2D eigenvalue weighted by molar-refractivity contribution is 0.137. The van der Waals surface area contributed by atoms with Gasteiger partial charge in [-0.25, -0.2) is 4.79 Å². The summed E-state index contributed by atoms with van der Waals surface area (Å²) in [6.07, 6.45) is 0.985. The molecule has 0 spiro atoms. The number of fused-ring (bicyclic) bond motifs is 3. The Kier molecular flexibility index (Phi) is 5.51. The molecule has 3 aromatic rings. The third kappa shape index (κ3) is 3.35. The Balaban J connectivity index is 1.88. The van der Waals surface area contributed by atoms with E-state index in [0.717, 1.165) is 18.7 Å². The van der Waals surface area contributed by atoms with Crippen LogP contribution in [0.4, 0.5) is 11.6 Å². The molecular weight excluding hydrogens is 382 g/mol. The Morgan fingerprint density at radius 2 is 1.87 bits per heavy atom. The van der Waals surface area contributed by atoms with Gasteiger partial charge >= 0.3 is 5.69 Å². The minimum atomic E-state index is -0.366. The Morgan fingerprint density at radius 1 is 1.13 bits per heavy atom. The Hall–Kier alpha value is -2.87. The standard InChI is InChI=1S/C22H29N5O3/c1-5-16-7-9-17(10-8-16)26-13-15(3)14-27-18-19(23-21(26)27)24(4)22(29)25(20(18)28)11-12-30-6-2/h7-10,15H,5-6,11-14H2,1-4H3/t15-/m0/s1. The van der Waals surface area contributed by atoms with Crippen LogP contribution in [0.3, 0.4) is 0 Å². The highest BCUT2D eigenvalue weighted by molar-refractivity contribution is 5.77. The number of rotatable bonds is 6. The van der Waals surface area contributed by atoms with Crippen molar-refractivity contribution in [3.05, 3.63) is 50.7 Å². The van der Waals surface area contributed by atoms with Gasteiger partial charge in [-0.3, -0.25) is 13.9 Å². The Morgan fingerprint density at radius 3 is 2.53 bits per heavy atom. The van der Waals surface area contributed by atoms with Crippen LogP contribution >= 0.6 is 0 Å². The lowest BCUT2D eigenvalue weighted by atomic mass is 10.1. The molecule has 3 heterocycles. The largest absolute Gasteiger partial charge is 0.380 e. The fraction of sp³-hybridized carbons (Fsp3) is 0.500. The average molecular weight is 412 g/mol. The number of imidazole rings is 1. The number of hydrogen-bond donors (Lipinski definition) is 0. The zero-order valence-corrected chi connectivity index (χ0v) is 18.1. The summed E-state index contributed by atoms with van der Waals surface area (Å²) in [4.78, 5) is 33.0. The molecule has 4 rings (SSSR count). The van der Waals surface area contributed by atoms with Crippen molar-refractivity contribution in [2.75, 3.05) is 24.7 Å². The molecule has 0 fully saturated rings. The molecule has 0 N–H and O–H groups in total. The first kappa shape index (κ1) is 20.4. The van der Waals surface area contributed by atoms with Gasteiger partial charge in [0.15, 0.2) is 11.2 Å². The molecule has 1 aliphatic heterocycles. The smallest absolute Gasteiger partial charge is 0.332 e. The van der Waals surface area contributed by atoms with Crippen LogP contribution < -0.4 is 16.1 Å². The summed E-state index contributed by atoms with van der Waals surface area (Å²) in [5, 5.41) is 0. The maximum Gasteiger partial charge on any atom is 0.332 e. The normalized spacial score (nSPS) is 16.3. The maximum absolute atomic E-state index is 13.3. The Bertz CT molecular complexity index is 1170. The summed E-state index contributed by atoms with van der Waals surface area (Å²) in [6.45, 7) is 8.78. The summed E-state index contributed by atoms with van der Waals surface area (Å²) < 4.78 is 10.1. The summed E-state index contributed by atoms with van der Waals surface area (Å²) in [7, 11) is 1.67. The molecule has 0 bridgehead atoms. The SMILES string of the molecule is CCOCCn1c(=O)c2c(nc3n2C[C@@H](C)CN3c2ccc(CC)cc2)n(C)c1=O. The van der Waals surface area contributed by atoms with Crippen molar-refractivity contribution in [1.82, 2.24) is 18.7 Å². The first-order valence-corrected chi connectivity index (χ1v) is 10.6. The van der Waals surface area contributed by atoms with Crippen LogP contribution in [0.5, 0.6) is 0 Å². The molecule has 160 valence electrons. The van der Waals surface area contributed by atoms with Crippen LogP contribution in [0.15, 0.2) is 33.9 Å². The van der Waals surface area contributed by atoms with Gasteiger partial charge in [-0.2, -0.15) is 4.98 Å². The highest BCUT2D eigenvalue weighted by Crippen LogP contribution is 2.32. The van der Waals surface area contributed by atoms with Crippen LogP contribution in [-0.2, 0) is 31.3 Å². The lowest BCUT2D eigenvalue weighted by Gasteiger charge is -2.33. The van der Waals surface area contributed by atoms with Crippen LogP contribution in [0.1, 0.15) is 26.3 Å². The quantitative estimate of drug-likeness (QED) is 0.582. The number of nitrogens with zero attached hydrogens (tertiary/aromatic N) is 5. The highest BCUT2D eigenvalue weighted by Gasteiger charge is 2.29. The first-order chi connectivity index (χ1) is 14.5. The van der Waals surface area contributed by atoms with Gasteiger partial charge in [0.1, 0.15) is 0 Å². The molecular formula is C22H29N5O3. The molecule has 0 unspecified atom stereocenters. The summed E-state index contributed by atoms with van der Waals surface area (Å²) in [5.41, 5.74) is 2.55. The van der Waals surface area contributed by atoms with Gasteiger partial charge in [0.2, 0.25) is 5.95 Å². The minimum absolute atomic E-state index is 0.230. The molecule has 30 heavy (non-hydrogen) atoms. The van der Waals surface area contributed by atoms with E-state index < -0.39 is 0 Å². The van der Waals surface area contributed by atoms with Crippen molar-refractivity contribution >= 4 is 22.8 Å². The van der Waals surface area contributed by atoms with E-state index in [2.05, 4.69) is 43.0 Å². The van der Waals surface area contributed by atoms with Crippen LogP contribution in [0.2, 0.25) is 0 Å². The highest BCUT2D eigenvalue weighted by atomic mass is 16.5. The van der Waals surface area contributed by atoms with E-state index in [0.29, 0.717) is 42.8 Å². The zero-order chi connectivity index (χ0) is 21.4. The van der Waals surface area contributed by atoms with Crippen LogP contribution in [-0.4, -0.2) is 38.4 Å². The van der Waals surface area contributed by atoms with Crippen molar-refractivity contribution in [2.45, 2.75) is 40.3 Å². The topological polar surface area (TPSA) is 74.3 Å². The van der Waals surface area contributed by atoms with Crippen molar-refractivity contribution in [3.8, 4) is 0 Å². The van der Waals surface area contributed by atoms with Gasteiger partial charge in [-0.15, -0.1) is 0 Å². The average Bonchev–Trinajstić information content (AvgIpc) is 3.13. The molecule has 1 aromatic carbocycles. The van der Waals surface area contributed by atoms with Crippen LogP contribution in [0, 0.1) is 5.92 Å². The monoisotopic (exact) mass is 411 g/mol. The number of ether oxygens (including phenoxy) is 1. The number of hydrogen-bond acceptors (Lipinski definition) is 5. The number of aryl methyl sites for hydroxylation is 2. The molecule has 0 amide bonds. The minimum Gasteiger partial charge on any atom is -0.380 e. The summed E-state index contributed by atoms with van der Waals surface area (Å²) >= 11 is 0. The molecule has 2 aromatic heterocycles. The van der Waals surface area contributed by atoms with E-state index in [9.17, 15) is 9.59 Å². The van der Waals surface area contributed by atoms with E-state index in [1.807, 2.05) is 11.5 Å². The molecule has 8 heteroatoms. The lowest BCUT2D eigenvalue weighted by Crippen LogP contribution is -2.41. The Labute approximate surface area is 175 Å². The summed E-state index contributed by atoms with van der Waals surface area (Å²) in [5.74, 6) is 1.04. The van der Waals surface area contributed by atoms with E-state index in [-0.39, 0.29) is 17.8 Å². The third-order valence-corrected chi connectivity index (χ3v) is 5.76. The second-order valence-corrected chi connectivity index (χ2v) is 7.93. The molecule has 1 atom stereocenters. The van der Waals surface area contributed by atoms with Crippen LogP contribution in [0.25, 0.3) is 11.2 Å². The van der Waals surface area contributed by atoms with Gasteiger partial charge in [0.05, 0.1) is 13.2 Å². The van der Waals surface area contributed by atoms with Crippen molar-refractivity contribution < 1.29 is 4.74 Å². The third-order valence-electron chi connectivity index (χ3n) is 5.76. The predicted octanol–water partition coefficient (Wildman–Crippen LogP) is 2.28. The summed E-state index contributed by atoms with van der Waals surface area (Å²) in [6, 6.07) is 8.44. The van der Waals surface area contributed by atoms with Gasteiger partial charge < -0.3 is 14.2 Å². The van der Waals surface area contributed by atoms with Gasteiger partial charge in [-0.1, -0.05) is 26.0 Å². The molecule has 0 saturated heterocycles. The van der Waals surface area contributed by atoms with E-state index in [4.69, 9.17) is 9.72 Å².